The van der Waals surface area contributed by atoms with E-state index >= 15 is 0 Å². The molecule has 0 bridgehead atoms. The zero-order valence-electron chi connectivity index (χ0n) is 9.91. The number of carboxylic acids is 1. The Kier molecular flexibility index (Phi) is 3.43. The molecule has 2 rings (SSSR count). The molecule has 4 heteroatoms. The minimum atomic E-state index is -0.750. The van der Waals surface area contributed by atoms with Gasteiger partial charge in [-0.1, -0.05) is 12.1 Å². The van der Waals surface area contributed by atoms with E-state index in [1.54, 1.807) is 11.8 Å². The fraction of sp³-hybridized carbons (Fsp3) is 0.308. The number of aliphatic carboxylic acids is 1. The molecule has 2 N–H and O–H groups in total. The van der Waals surface area contributed by atoms with E-state index in [0.717, 1.165) is 22.2 Å². The Labute approximate surface area is 104 Å². The molecule has 0 spiro atoms. The Morgan fingerprint density at radius 3 is 2.88 bits per heavy atom. The highest BCUT2D eigenvalue weighted by Crippen LogP contribution is 2.30. The predicted octanol–water partition coefficient (Wildman–Crippen LogP) is 3.22. The lowest BCUT2D eigenvalue weighted by molar-refractivity contribution is -0.136. The average Bonchev–Trinajstić information content (AvgIpc) is 2.62. The summed E-state index contributed by atoms with van der Waals surface area (Å²) in [4.78, 5) is 15.2. The number of H-pyrrole nitrogens is 1. The van der Waals surface area contributed by atoms with Crippen molar-refractivity contribution in [2.75, 3.05) is 6.26 Å². The summed E-state index contributed by atoms with van der Waals surface area (Å²) < 4.78 is 0. The Balaban J connectivity index is 2.48. The van der Waals surface area contributed by atoms with Gasteiger partial charge in [0.2, 0.25) is 0 Å². The summed E-state index contributed by atoms with van der Waals surface area (Å²) in [5.41, 5.74) is 3.32. The van der Waals surface area contributed by atoms with Gasteiger partial charge in [-0.2, -0.15) is 0 Å². The highest BCUT2D eigenvalue weighted by atomic mass is 32.2. The van der Waals surface area contributed by atoms with Crippen molar-refractivity contribution < 1.29 is 9.90 Å². The van der Waals surface area contributed by atoms with Gasteiger partial charge in [0.25, 0.3) is 0 Å². The molecule has 1 heterocycles. The highest BCUT2D eigenvalue weighted by molar-refractivity contribution is 7.98. The van der Waals surface area contributed by atoms with Crippen LogP contribution in [0.5, 0.6) is 0 Å². The van der Waals surface area contributed by atoms with E-state index in [0.29, 0.717) is 6.42 Å². The maximum Gasteiger partial charge on any atom is 0.303 e. The molecule has 0 aliphatic carbocycles. The van der Waals surface area contributed by atoms with Crippen LogP contribution in [0.25, 0.3) is 10.9 Å². The van der Waals surface area contributed by atoms with Crippen LogP contribution in [-0.2, 0) is 11.2 Å². The van der Waals surface area contributed by atoms with Gasteiger partial charge >= 0.3 is 5.97 Å². The first-order valence-corrected chi connectivity index (χ1v) is 6.72. The molecule has 0 fully saturated rings. The van der Waals surface area contributed by atoms with Gasteiger partial charge in [0.1, 0.15) is 0 Å². The normalized spacial score (nSPS) is 10.9. The van der Waals surface area contributed by atoms with Crippen molar-refractivity contribution in [1.82, 2.24) is 4.98 Å². The Morgan fingerprint density at radius 1 is 1.47 bits per heavy atom. The second kappa shape index (κ2) is 4.84. The number of nitrogens with one attached hydrogen (secondary N) is 1. The van der Waals surface area contributed by atoms with Gasteiger partial charge in [0.05, 0.1) is 5.52 Å². The van der Waals surface area contributed by atoms with Crippen LogP contribution in [0.3, 0.4) is 0 Å². The third kappa shape index (κ3) is 2.31. The van der Waals surface area contributed by atoms with Crippen molar-refractivity contribution in [1.29, 1.82) is 0 Å². The fourth-order valence-electron chi connectivity index (χ4n) is 2.10. The quantitative estimate of drug-likeness (QED) is 0.818. The molecule has 0 aliphatic heterocycles. The van der Waals surface area contributed by atoms with Crippen LogP contribution in [0.1, 0.15) is 17.7 Å². The molecule has 0 saturated carbocycles. The van der Waals surface area contributed by atoms with Crippen molar-refractivity contribution in [3.8, 4) is 0 Å². The van der Waals surface area contributed by atoms with Gasteiger partial charge in [-0.25, -0.2) is 0 Å². The third-order valence-corrected chi connectivity index (χ3v) is 3.71. The lowest BCUT2D eigenvalue weighted by Crippen LogP contribution is -1.97. The van der Waals surface area contributed by atoms with E-state index in [2.05, 4.69) is 17.1 Å². The van der Waals surface area contributed by atoms with Crippen LogP contribution in [0, 0.1) is 6.92 Å². The number of aromatic amines is 1. The lowest BCUT2D eigenvalue weighted by Gasteiger charge is -2.00. The molecule has 0 amide bonds. The Hall–Kier alpha value is -1.42. The van der Waals surface area contributed by atoms with Crippen LogP contribution in [0.15, 0.2) is 23.1 Å². The van der Waals surface area contributed by atoms with Gasteiger partial charge in [0.15, 0.2) is 0 Å². The predicted molar refractivity (Wildman–Crippen MR) is 70.8 cm³/mol. The zero-order valence-corrected chi connectivity index (χ0v) is 10.7. The smallest absolute Gasteiger partial charge is 0.303 e. The molecule has 0 unspecified atom stereocenters. The standard InChI is InChI=1S/C13H15NO2S/c1-8-9(6-7-12(15)16)10-4-3-5-11(17-2)13(10)14-8/h3-5,14H,6-7H2,1-2H3,(H,15,16). The first-order valence-electron chi connectivity index (χ1n) is 5.49. The van der Waals surface area contributed by atoms with E-state index in [4.69, 9.17) is 5.11 Å². The Morgan fingerprint density at radius 2 is 2.24 bits per heavy atom. The van der Waals surface area contributed by atoms with E-state index in [-0.39, 0.29) is 6.42 Å². The number of carbonyl (C=O) groups is 1. The number of rotatable bonds is 4. The maximum absolute atomic E-state index is 10.7. The summed E-state index contributed by atoms with van der Waals surface area (Å²) in [7, 11) is 0. The van der Waals surface area contributed by atoms with Crippen LogP contribution in [-0.4, -0.2) is 22.3 Å². The van der Waals surface area contributed by atoms with Crippen LogP contribution in [0.4, 0.5) is 0 Å². The SMILES string of the molecule is CSc1cccc2c(CCC(=O)O)c(C)[nH]c12. The number of thioether (sulfide) groups is 1. The fourth-order valence-corrected chi connectivity index (χ4v) is 2.68. The number of aryl methyl sites for hydroxylation is 2. The largest absolute Gasteiger partial charge is 0.481 e. The minimum absolute atomic E-state index is 0.178. The van der Waals surface area contributed by atoms with Gasteiger partial charge in [-0.05, 0) is 31.2 Å². The number of hydrogen-bond acceptors (Lipinski definition) is 2. The molecular weight excluding hydrogens is 234 g/mol. The number of hydrogen-bond donors (Lipinski definition) is 2. The minimum Gasteiger partial charge on any atom is -0.481 e. The highest BCUT2D eigenvalue weighted by Gasteiger charge is 2.11. The summed E-state index contributed by atoms with van der Waals surface area (Å²) >= 11 is 1.70. The van der Waals surface area contributed by atoms with E-state index in [1.807, 2.05) is 19.2 Å². The zero-order chi connectivity index (χ0) is 12.4. The molecule has 90 valence electrons. The van der Waals surface area contributed by atoms with Crippen molar-refractivity contribution >= 4 is 28.6 Å². The number of benzene rings is 1. The molecular formula is C13H15NO2S. The van der Waals surface area contributed by atoms with E-state index in [9.17, 15) is 4.79 Å². The first-order chi connectivity index (χ1) is 8.13. The number of carboxylic acid groups (broad SMARTS) is 1. The summed E-state index contributed by atoms with van der Waals surface area (Å²) in [5, 5.41) is 9.91. The lowest BCUT2D eigenvalue weighted by atomic mass is 10.1. The molecule has 3 nitrogen and oxygen atoms in total. The Bertz CT molecular complexity index is 560. The maximum atomic E-state index is 10.7. The molecule has 0 atom stereocenters. The summed E-state index contributed by atoms with van der Waals surface area (Å²) in [5.74, 6) is -0.750. The molecule has 0 aliphatic rings. The first kappa shape index (κ1) is 12.0. The van der Waals surface area contributed by atoms with Crippen molar-refractivity contribution in [3.05, 3.63) is 29.5 Å². The van der Waals surface area contributed by atoms with Gasteiger partial charge in [-0.3, -0.25) is 4.79 Å². The second-order valence-corrected chi connectivity index (χ2v) is 4.85. The second-order valence-electron chi connectivity index (χ2n) is 4.01. The van der Waals surface area contributed by atoms with E-state index in [1.165, 1.54) is 4.90 Å². The summed E-state index contributed by atoms with van der Waals surface area (Å²) in [6.07, 6.45) is 2.80. The molecule has 0 radical (unpaired) electrons. The van der Waals surface area contributed by atoms with Crippen LogP contribution >= 0.6 is 11.8 Å². The molecule has 0 saturated heterocycles. The van der Waals surface area contributed by atoms with Gasteiger partial charge < -0.3 is 10.1 Å². The van der Waals surface area contributed by atoms with Gasteiger partial charge in [0, 0.05) is 22.4 Å². The number of aromatic nitrogens is 1. The van der Waals surface area contributed by atoms with Crippen molar-refractivity contribution in [3.63, 3.8) is 0 Å². The van der Waals surface area contributed by atoms with Crippen LogP contribution < -0.4 is 0 Å². The summed E-state index contributed by atoms with van der Waals surface area (Å²) in [6, 6.07) is 6.14. The number of para-hydroxylation sites is 1. The van der Waals surface area contributed by atoms with E-state index < -0.39 is 5.97 Å². The monoisotopic (exact) mass is 249 g/mol. The molecule has 17 heavy (non-hydrogen) atoms. The van der Waals surface area contributed by atoms with Gasteiger partial charge in [-0.15, -0.1) is 11.8 Å². The number of fused-ring (bicyclic) bond motifs is 1. The van der Waals surface area contributed by atoms with Crippen LogP contribution in [0.2, 0.25) is 0 Å². The molecule has 1 aromatic heterocycles. The molecule has 2 aromatic rings. The van der Waals surface area contributed by atoms with Crippen molar-refractivity contribution in [2.24, 2.45) is 0 Å². The average molecular weight is 249 g/mol. The summed E-state index contributed by atoms with van der Waals surface area (Å²) in [6.45, 7) is 2.00. The van der Waals surface area contributed by atoms with Crippen molar-refractivity contribution in [2.45, 2.75) is 24.7 Å². The topological polar surface area (TPSA) is 53.1 Å². The third-order valence-electron chi connectivity index (χ3n) is 2.93. The molecule has 1 aromatic carbocycles.